The molecule has 0 aliphatic rings. The van der Waals surface area contributed by atoms with Crippen LogP contribution in [0.2, 0.25) is 10.0 Å². The fourth-order valence-corrected chi connectivity index (χ4v) is 2.13. The van der Waals surface area contributed by atoms with Crippen LogP contribution in [0.1, 0.15) is 5.69 Å². The number of nitrogens with zero attached hydrogens (tertiary/aromatic N) is 2. The maximum Gasteiger partial charge on any atom is 0.258 e. The second-order valence-corrected chi connectivity index (χ2v) is 5.53. The Labute approximate surface area is 144 Å². The molecule has 0 saturated carbocycles. The normalized spacial score (nSPS) is 10.6. The molecule has 8 heteroatoms. The Bertz CT molecular complexity index is 661. The van der Waals surface area contributed by atoms with Crippen molar-refractivity contribution in [2.75, 3.05) is 20.3 Å². The molecule has 0 unspecified atom stereocenters. The van der Waals surface area contributed by atoms with E-state index in [0.29, 0.717) is 35.5 Å². The van der Waals surface area contributed by atoms with E-state index in [2.05, 4.69) is 10.3 Å². The third-order valence-electron chi connectivity index (χ3n) is 3.06. The molecule has 0 atom stereocenters. The fourth-order valence-electron chi connectivity index (χ4n) is 1.84. The SMILES string of the molecule is COCCn1cncc1CNC(=O)COc1ccc(Cl)c(Cl)c1. The van der Waals surface area contributed by atoms with Crippen LogP contribution in [0.4, 0.5) is 0 Å². The first-order valence-electron chi connectivity index (χ1n) is 6.92. The lowest BCUT2D eigenvalue weighted by atomic mass is 10.3. The predicted octanol–water partition coefficient (Wildman–Crippen LogP) is 2.53. The van der Waals surface area contributed by atoms with Crippen LogP contribution in [0, 0.1) is 0 Å². The van der Waals surface area contributed by atoms with Crippen LogP contribution in [0.25, 0.3) is 0 Å². The zero-order chi connectivity index (χ0) is 16.7. The fraction of sp³-hybridized carbons (Fsp3) is 0.333. The number of aromatic nitrogens is 2. The minimum absolute atomic E-state index is 0.107. The number of hydrogen-bond donors (Lipinski definition) is 1. The summed E-state index contributed by atoms with van der Waals surface area (Å²) in [5.74, 6) is 0.246. The molecule has 1 N–H and O–H groups in total. The number of rotatable bonds is 8. The highest BCUT2D eigenvalue weighted by atomic mass is 35.5. The van der Waals surface area contributed by atoms with Gasteiger partial charge in [0.2, 0.25) is 0 Å². The van der Waals surface area contributed by atoms with Gasteiger partial charge in [-0.05, 0) is 12.1 Å². The topological polar surface area (TPSA) is 65.4 Å². The van der Waals surface area contributed by atoms with Gasteiger partial charge in [-0.2, -0.15) is 0 Å². The first kappa shape index (κ1) is 17.6. The maximum absolute atomic E-state index is 11.8. The molecule has 0 radical (unpaired) electrons. The van der Waals surface area contributed by atoms with E-state index in [1.54, 1.807) is 37.8 Å². The zero-order valence-corrected chi connectivity index (χ0v) is 14.1. The lowest BCUT2D eigenvalue weighted by Crippen LogP contribution is -2.29. The number of methoxy groups -OCH3 is 1. The van der Waals surface area contributed by atoms with Gasteiger partial charge in [0.05, 0.1) is 35.2 Å². The first-order chi connectivity index (χ1) is 11.1. The van der Waals surface area contributed by atoms with Crippen molar-refractivity contribution in [2.45, 2.75) is 13.1 Å². The molecule has 2 rings (SSSR count). The second kappa shape index (κ2) is 8.76. The summed E-state index contributed by atoms with van der Waals surface area (Å²) in [4.78, 5) is 15.9. The highest BCUT2D eigenvalue weighted by Crippen LogP contribution is 2.26. The number of ether oxygens (including phenoxy) is 2. The van der Waals surface area contributed by atoms with E-state index in [1.807, 2.05) is 4.57 Å². The molecular weight excluding hydrogens is 341 g/mol. The molecular formula is C15H17Cl2N3O3. The first-order valence-corrected chi connectivity index (χ1v) is 7.68. The van der Waals surface area contributed by atoms with E-state index in [1.165, 1.54) is 0 Å². The van der Waals surface area contributed by atoms with Gasteiger partial charge in [-0.25, -0.2) is 4.98 Å². The largest absolute Gasteiger partial charge is 0.484 e. The van der Waals surface area contributed by atoms with Crippen LogP contribution < -0.4 is 10.1 Å². The standard InChI is InChI=1S/C15H17Cl2N3O3/c1-22-5-4-20-10-18-7-11(20)8-19-15(21)9-23-12-2-3-13(16)14(17)6-12/h2-3,6-7,10H,4-5,8-9H2,1H3,(H,19,21). The summed E-state index contributed by atoms with van der Waals surface area (Å²) in [6.45, 7) is 1.52. The number of benzene rings is 1. The summed E-state index contributed by atoms with van der Waals surface area (Å²) in [6.07, 6.45) is 3.41. The molecule has 6 nitrogen and oxygen atoms in total. The number of carbonyl (C=O) groups excluding carboxylic acids is 1. The number of amides is 1. The van der Waals surface area contributed by atoms with Crippen LogP contribution in [0.3, 0.4) is 0 Å². The van der Waals surface area contributed by atoms with Crippen molar-refractivity contribution >= 4 is 29.1 Å². The third kappa shape index (κ3) is 5.42. The molecule has 0 saturated heterocycles. The Morgan fingerprint density at radius 3 is 2.91 bits per heavy atom. The van der Waals surface area contributed by atoms with E-state index in [4.69, 9.17) is 32.7 Å². The molecule has 2 aromatic rings. The van der Waals surface area contributed by atoms with Gasteiger partial charge in [0.25, 0.3) is 5.91 Å². The van der Waals surface area contributed by atoms with Gasteiger partial charge in [0, 0.05) is 25.9 Å². The Kier molecular flexibility index (Phi) is 6.70. The van der Waals surface area contributed by atoms with Crippen molar-refractivity contribution in [3.05, 3.63) is 46.5 Å². The summed E-state index contributed by atoms with van der Waals surface area (Å²) in [5, 5.41) is 3.59. The van der Waals surface area contributed by atoms with Crippen molar-refractivity contribution in [1.29, 1.82) is 0 Å². The van der Waals surface area contributed by atoms with Crippen LogP contribution in [0.5, 0.6) is 5.75 Å². The van der Waals surface area contributed by atoms with Crippen molar-refractivity contribution in [2.24, 2.45) is 0 Å². The van der Waals surface area contributed by atoms with Crippen molar-refractivity contribution in [3.8, 4) is 5.75 Å². The summed E-state index contributed by atoms with van der Waals surface area (Å²) in [7, 11) is 1.64. The lowest BCUT2D eigenvalue weighted by molar-refractivity contribution is -0.123. The van der Waals surface area contributed by atoms with Gasteiger partial charge >= 0.3 is 0 Å². The second-order valence-electron chi connectivity index (χ2n) is 4.71. The number of imidazole rings is 1. The molecule has 1 aromatic heterocycles. The molecule has 0 bridgehead atoms. The van der Waals surface area contributed by atoms with Crippen molar-refractivity contribution in [1.82, 2.24) is 14.9 Å². The highest BCUT2D eigenvalue weighted by molar-refractivity contribution is 6.42. The molecule has 0 spiro atoms. The maximum atomic E-state index is 11.8. The number of carbonyl (C=O) groups is 1. The summed E-state index contributed by atoms with van der Waals surface area (Å²) in [6, 6.07) is 4.84. The molecule has 23 heavy (non-hydrogen) atoms. The average Bonchev–Trinajstić information content (AvgIpc) is 2.99. The smallest absolute Gasteiger partial charge is 0.258 e. The zero-order valence-electron chi connectivity index (χ0n) is 12.6. The van der Waals surface area contributed by atoms with E-state index < -0.39 is 0 Å². The summed E-state index contributed by atoms with van der Waals surface area (Å²) in [5.41, 5.74) is 0.893. The average molecular weight is 358 g/mol. The molecule has 0 aliphatic carbocycles. The van der Waals surface area contributed by atoms with E-state index in [-0.39, 0.29) is 12.5 Å². The third-order valence-corrected chi connectivity index (χ3v) is 3.80. The Balaban J connectivity index is 1.79. The van der Waals surface area contributed by atoms with Crippen LogP contribution >= 0.6 is 23.2 Å². The van der Waals surface area contributed by atoms with Crippen molar-refractivity contribution in [3.63, 3.8) is 0 Å². The molecule has 0 aliphatic heterocycles. The molecule has 1 aromatic carbocycles. The van der Waals surface area contributed by atoms with Gasteiger partial charge in [-0.1, -0.05) is 23.2 Å². The molecule has 0 fully saturated rings. The monoisotopic (exact) mass is 357 g/mol. The van der Waals surface area contributed by atoms with Crippen LogP contribution in [-0.2, 0) is 22.6 Å². The quantitative estimate of drug-likeness (QED) is 0.788. The predicted molar refractivity (Wildman–Crippen MR) is 87.9 cm³/mol. The number of hydrogen-bond acceptors (Lipinski definition) is 4. The van der Waals surface area contributed by atoms with E-state index in [0.717, 1.165) is 5.69 Å². The van der Waals surface area contributed by atoms with Gasteiger partial charge in [-0.3, -0.25) is 4.79 Å². The van der Waals surface area contributed by atoms with E-state index >= 15 is 0 Å². The Morgan fingerprint density at radius 2 is 2.17 bits per heavy atom. The van der Waals surface area contributed by atoms with Crippen molar-refractivity contribution < 1.29 is 14.3 Å². The number of halogens is 2. The van der Waals surface area contributed by atoms with E-state index in [9.17, 15) is 4.79 Å². The van der Waals surface area contributed by atoms with Crippen LogP contribution in [0.15, 0.2) is 30.7 Å². The van der Waals surface area contributed by atoms with Gasteiger partial charge in [0.15, 0.2) is 6.61 Å². The minimum atomic E-state index is -0.240. The molecule has 124 valence electrons. The minimum Gasteiger partial charge on any atom is -0.484 e. The Morgan fingerprint density at radius 1 is 1.35 bits per heavy atom. The molecule has 1 amide bonds. The summed E-state index contributed by atoms with van der Waals surface area (Å²) >= 11 is 11.7. The molecule has 1 heterocycles. The van der Waals surface area contributed by atoms with Gasteiger partial charge < -0.3 is 19.4 Å². The number of nitrogens with one attached hydrogen (secondary N) is 1. The summed E-state index contributed by atoms with van der Waals surface area (Å²) < 4.78 is 12.3. The van der Waals surface area contributed by atoms with Gasteiger partial charge in [-0.15, -0.1) is 0 Å². The van der Waals surface area contributed by atoms with Gasteiger partial charge in [0.1, 0.15) is 5.75 Å². The highest BCUT2D eigenvalue weighted by Gasteiger charge is 2.07. The Hall–Kier alpha value is -1.76. The van der Waals surface area contributed by atoms with Crippen LogP contribution in [-0.4, -0.2) is 35.8 Å². The lowest BCUT2D eigenvalue weighted by Gasteiger charge is -2.10.